The molecule has 0 saturated carbocycles. The molecule has 1 unspecified atom stereocenters. The number of aliphatic hydroxyl groups is 1. The zero-order valence-corrected chi connectivity index (χ0v) is 16.5. The van der Waals surface area contributed by atoms with E-state index in [1.807, 2.05) is 13.8 Å². The van der Waals surface area contributed by atoms with Gasteiger partial charge < -0.3 is 24.6 Å². The third-order valence-electron chi connectivity index (χ3n) is 4.69. The molecule has 10 nitrogen and oxygen atoms in total. The van der Waals surface area contributed by atoms with Crippen LogP contribution in [0.5, 0.6) is 0 Å². The SMILES string of the molecule is CC(O)CNC(=O)C[C@@H]1O[C@@H](n2cnc3c(Cl)ncnc32)[C@@H]2OC(C)(C)O[C@@H]21. The van der Waals surface area contributed by atoms with Crippen LogP contribution in [0.15, 0.2) is 12.7 Å². The van der Waals surface area contributed by atoms with E-state index >= 15 is 0 Å². The topological polar surface area (TPSA) is 121 Å². The van der Waals surface area contributed by atoms with E-state index < -0.39 is 36.4 Å². The van der Waals surface area contributed by atoms with Crippen LogP contribution in [0.4, 0.5) is 0 Å². The van der Waals surface area contributed by atoms with Crippen molar-refractivity contribution in [2.75, 3.05) is 6.54 Å². The van der Waals surface area contributed by atoms with Crippen LogP contribution in [-0.4, -0.2) is 67.3 Å². The highest BCUT2D eigenvalue weighted by Gasteiger charge is 2.56. The average molecular weight is 412 g/mol. The smallest absolute Gasteiger partial charge is 0.222 e. The number of ether oxygens (including phenoxy) is 3. The van der Waals surface area contributed by atoms with Gasteiger partial charge in [-0.1, -0.05) is 11.6 Å². The third-order valence-corrected chi connectivity index (χ3v) is 4.97. The molecule has 4 rings (SSSR count). The first-order valence-electron chi connectivity index (χ1n) is 9.04. The molecule has 2 saturated heterocycles. The summed E-state index contributed by atoms with van der Waals surface area (Å²) in [6.45, 7) is 5.41. The van der Waals surface area contributed by atoms with Crippen LogP contribution >= 0.6 is 11.6 Å². The number of nitrogens with zero attached hydrogens (tertiary/aromatic N) is 4. The second-order valence-corrected chi connectivity index (χ2v) is 7.83. The Morgan fingerprint density at radius 1 is 1.36 bits per heavy atom. The lowest BCUT2D eigenvalue weighted by Crippen LogP contribution is -2.37. The summed E-state index contributed by atoms with van der Waals surface area (Å²) in [6.07, 6.45) is 0.372. The van der Waals surface area contributed by atoms with Crippen molar-refractivity contribution < 1.29 is 24.1 Å². The highest BCUT2D eigenvalue weighted by Crippen LogP contribution is 2.44. The van der Waals surface area contributed by atoms with Crippen molar-refractivity contribution in [3.05, 3.63) is 17.8 Å². The fraction of sp³-hybridized carbons (Fsp3) is 0.647. The summed E-state index contributed by atoms with van der Waals surface area (Å²) < 4.78 is 19.9. The molecule has 2 aliphatic rings. The molecule has 2 aromatic rings. The number of fused-ring (bicyclic) bond motifs is 2. The molecule has 5 atom stereocenters. The molecule has 2 N–H and O–H groups in total. The van der Waals surface area contributed by atoms with Crippen LogP contribution in [-0.2, 0) is 19.0 Å². The van der Waals surface area contributed by atoms with E-state index in [0.29, 0.717) is 11.2 Å². The predicted molar refractivity (Wildman–Crippen MR) is 97.4 cm³/mol. The van der Waals surface area contributed by atoms with Gasteiger partial charge in [-0.05, 0) is 20.8 Å². The molecule has 11 heteroatoms. The normalized spacial score (nSPS) is 29.8. The molecule has 4 heterocycles. The highest BCUT2D eigenvalue weighted by molar-refractivity contribution is 6.33. The van der Waals surface area contributed by atoms with Crippen molar-refractivity contribution >= 4 is 28.7 Å². The zero-order chi connectivity index (χ0) is 20.1. The summed E-state index contributed by atoms with van der Waals surface area (Å²) >= 11 is 6.09. The van der Waals surface area contributed by atoms with Gasteiger partial charge in [-0.2, -0.15) is 0 Å². The van der Waals surface area contributed by atoms with Gasteiger partial charge in [-0.25, -0.2) is 15.0 Å². The van der Waals surface area contributed by atoms with Crippen molar-refractivity contribution in [3.8, 4) is 0 Å². The minimum atomic E-state index is -0.811. The maximum atomic E-state index is 12.2. The molecular formula is C17H22ClN5O5. The number of aromatic nitrogens is 4. The number of halogens is 1. The van der Waals surface area contributed by atoms with Crippen molar-refractivity contribution in [2.24, 2.45) is 0 Å². The molecule has 0 bridgehead atoms. The fourth-order valence-electron chi connectivity index (χ4n) is 3.57. The lowest BCUT2D eigenvalue weighted by Gasteiger charge is -2.24. The maximum Gasteiger partial charge on any atom is 0.222 e. The van der Waals surface area contributed by atoms with Crippen LogP contribution < -0.4 is 5.32 Å². The van der Waals surface area contributed by atoms with E-state index in [1.54, 1.807) is 17.8 Å². The van der Waals surface area contributed by atoms with Gasteiger partial charge in [0, 0.05) is 6.54 Å². The van der Waals surface area contributed by atoms with Gasteiger partial charge in [-0.3, -0.25) is 9.36 Å². The number of nitrogens with one attached hydrogen (secondary N) is 1. The van der Waals surface area contributed by atoms with Crippen molar-refractivity contribution in [2.45, 2.75) is 63.6 Å². The standard InChI is InChI=1S/C17H22ClN5O5/c1-8(24)5-19-10(25)4-9-12-13(28-17(2,3)27-12)16(26-9)23-7-22-11-14(18)20-6-21-15(11)23/h6-9,12-13,16,24H,4-5H2,1-3H3,(H,19,25)/t8?,9-,12+,13+,16+/m0/s1. The molecule has 28 heavy (non-hydrogen) atoms. The molecule has 0 spiro atoms. The number of amides is 1. The number of rotatable bonds is 5. The average Bonchev–Trinajstić information content (AvgIpc) is 3.26. The molecule has 0 aromatic carbocycles. The Bertz CT molecular complexity index is 888. The van der Waals surface area contributed by atoms with Gasteiger partial charge in [-0.15, -0.1) is 0 Å². The van der Waals surface area contributed by atoms with Crippen molar-refractivity contribution in [1.82, 2.24) is 24.8 Å². The molecule has 0 aliphatic carbocycles. The first-order chi connectivity index (χ1) is 13.2. The highest BCUT2D eigenvalue weighted by atomic mass is 35.5. The summed E-state index contributed by atoms with van der Waals surface area (Å²) in [5, 5.41) is 12.3. The molecule has 0 radical (unpaired) electrons. The van der Waals surface area contributed by atoms with Crippen LogP contribution in [0.2, 0.25) is 5.15 Å². The molecule has 2 aliphatic heterocycles. The summed E-state index contributed by atoms with van der Waals surface area (Å²) in [4.78, 5) is 24.7. The Labute approximate surface area is 166 Å². The molecular weight excluding hydrogens is 390 g/mol. The Morgan fingerprint density at radius 2 is 2.11 bits per heavy atom. The summed E-state index contributed by atoms with van der Waals surface area (Å²) in [5.74, 6) is -1.05. The number of hydrogen-bond acceptors (Lipinski definition) is 8. The minimum Gasteiger partial charge on any atom is -0.392 e. The van der Waals surface area contributed by atoms with E-state index in [2.05, 4.69) is 20.3 Å². The number of carbonyl (C=O) groups is 1. The van der Waals surface area contributed by atoms with E-state index in [1.165, 1.54) is 6.33 Å². The van der Waals surface area contributed by atoms with Gasteiger partial charge in [0.1, 0.15) is 24.1 Å². The molecule has 152 valence electrons. The minimum absolute atomic E-state index is 0.0756. The zero-order valence-electron chi connectivity index (χ0n) is 15.7. The van der Waals surface area contributed by atoms with Gasteiger partial charge in [0.15, 0.2) is 22.8 Å². The summed E-state index contributed by atoms with van der Waals surface area (Å²) in [5.41, 5.74) is 0.969. The Kier molecular flexibility index (Phi) is 5.00. The van der Waals surface area contributed by atoms with Gasteiger partial charge >= 0.3 is 0 Å². The quantitative estimate of drug-likeness (QED) is 0.692. The first-order valence-corrected chi connectivity index (χ1v) is 9.42. The van der Waals surface area contributed by atoms with Gasteiger partial charge in [0.25, 0.3) is 0 Å². The van der Waals surface area contributed by atoms with Crippen LogP contribution in [0.25, 0.3) is 11.2 Å². The second-order valence-electron chi connectivity index (χ2n) is 7.48. The largest absolute Gasteiger partial charge is 0.392 e. The summed E-state index contributed by atoms with van der Waals surface area (Å²) in [7, 11) is 0. The first kappa shape index (κ1) is 19.5. The number of aliphatic hydroxyl groups excluding tert-OH is 1. The number of carbonyl (C=O) groups excluding carboxylic acids is 1. The predicted octanol–water partition coefficient (Wildman–Crippen LogP) is 0.784. The number of hydrogen-bond donors (Lipinski definition) is 2. The van der Waals surface area contributed by atoms with E-state index in [-0.39, 0.29) is 24.0 Å². The van der Waals surface area contributed by atoms with E-state index in [4.69, 9.17) is 25.8 Å². The van der Waals surface area contributed by atoms with Gasteiger partial charge in [0.05, 0.1) is 25.0 Å². The molecule has 2 aromatic heterocycles. The lowest BCUT2D eigenvalue weighted by atomic mass is 10.1. The van der Waals surface area contributed by atoms with E-state index in [9.17, 15) is 9.90 Å². The van der Waals surface area contributed by atoms with Crippen molar-refractivity contribution in [1.29, 1.82) is 0 Å². The Balaban J connectivity index is 1.60. The molecule has 2 fully saturated rings. The lowest BCUT2D eigenvalue weighted by molar-refractivity contribution is -0.197. The summed E-state index contributed by atoms with van der Waals surface area (Å²) in [6, 6.07) is 0. The number of imidazole rings is 1. The molecule has 1 amide bonds. The second kappa shape index (κ2) is 7.20. The van der Waals surface area contributed by atoms with Gasteiger partial charge in [0.2, 0.25) is 5.91 Å². The Morgan fingerprint density at radius 3 is 2.86 bits per heavy atom. The maximum absolute atomic E-state index is 12.2. The van der Waals surface area contributed by atoms with Crippen LogP contribution in [0.3, 0.4) is 0 Å². The Hall–Kier alpha value is -1.85. The monoisotopic (exact) mass is 411 g/mol. The van der Waals surface area contributed by atoms with E-state index in [0.717, 1.165) is 0 Å². The fourth-order valence-corrected chi connectivity index (χ4v) is 3.75. The van der Waals surface area contributed by atoms with Crippen LogP contribution in [0, 0.1) is 0 Å². The third kappa shape index (κ3) is 3.58. The van der Waals surface area contributed by atoms with Crippen molar-refractivity contribution in [3.63, 3.8) is 0 Å². The van der Waals surface area contributed by atoms with Crippen LogP contribution in [0.1, 0.15) is 33.4 Å².